The Labute approximate surface area is 230 Å². The lowest BCUT2D eigenvalue weighted by Gasteiger charge is -2.45. The second-order valence-corrected chi connectivity index (χ2v) is 15.1. The molecule has 0 heterocycles. The first-order valence-corrected chi connectivity index (χ1v) is 15.1. The van der Waals surface area contributed by atoms with E-state index >= 15 is 0 Å². The van der Waals surface area contributed by atoms with Crippen molar-refractivity contribution in [1.82, 2.24) is 16.2 Å². The van der Waals surface area contributed by atoms with E-state index in [0.717, 1.165) is 15.9 Å². The van der Waals surface area contributed by atoms with Crippen LogP contribution < -0.4 is 26.5 Å². The molecule has 0 aliphatic heterocycles. The molecule has 4 N–H and O–H groups in total. The minimum absolute atomic E-state index is 0.155. The molecule has 0 aromatic heterocycles. The van der Waals surface area contributed by atoms with Crippen molar-refractivity contribution in [3.05, 3.63) is 96.6 Å². The lowest BCUT2D eigenvalue weighted by molar-refractivity contribution is 0.117. The molecule has 0 saturated heterocycles. The maximum absolute atomic E-state index is 12.9. The van der Waals surface area contributed by atoms with Crippen LogP contribution in [0.2, 0.25) is 5.04 Å². The Balaban J connectivity index is 1.64. The van der Waals surface area contributed by atoms with Gasteiger partial charge in [-0.1, -0.05) is 112 Å². The second-order valence-electron chi connectivity index (χ2n) is 10.9. The topological polar surface area (TPSA) is 109 Å². The van der Waals surface area contributed by atoms with Crippen LogP contribution in [-0.2, 0) is 15.8 Å². The van der Waals surface area contributed by atoms with Gasteiger partial charge in [0.2, 0.25) is 0 Å². The summed E-state index contributed by atoms with van der Waals surface area (Å²) in [5, 5.41) is 14.2. The van der Waals surface area contributed by atoms with Crippen LogP contribution in [-0.4, -0.2) is 43.8 Å². The Morgan fingerprint density at radius 1 is 0.872 bits per heavy atom. The first kappa shape index (κ1) is 28.3. The van der Waals surface area contributed by atoms with Gasteiger partial charge in [-0.3, -0.25) is 5.43 Å². The Kier molecular flexibility index (Phi) is 9.06. The van der Waals surface area contributed by atoms with Crippen LogP contribution in [0.1, 0.15) is 39.2 Å². The number of carboxylic acid groups (broad SMARTS) is 1. The van der Waals surface area contributed by atoms with Crippen LogP contribution in [0.15, 0.2) is 91.0 Å². The van der Waals surface area contributed by atoms with Gasteiger partial charge in [0.15, 0.2) is 0 Å². The fourth-order valence-electron chi connectivity index (χ4n) is 5.40. The number of alkyl carbamates (subject to hydrolysis) is 1. The molecule has 1 aliphatic carbocycles. The van der Waals surface area contributed by atoms with E-state index in [1.54, 1.807) is 0 Å². The zero-order chi connectivity index (χ0) is 27.9. The summed E-state index contributed by atoms with van der Waals surface area (Å²) in [5.74, 6) is 0. The summed E-state index contributed by atoms with van der Waals surface area (Å²) in [5.41, 5.74) is 6.03. The van der Waals surface area contributed by atoms with E-state index < -0.39 is 20.5 Å². The molecule has 3 aromatic rings. The first-order chi connectivity index (χ1) is 18.7. The smallest absolute Gasteiger partial charge is 0.419 e. The van der Waals surface area contributed by atoms with Crippen molar-refractivity contribution in [1.29, 1.82) is 0 Å². The van der Waals surface area contributed by atoms with Gasteiger partial charge in [-0.25, -0.2) is 15.0 Å². The summed E-state index contributed by atoms with van der Waals surface area (Å²) in [6.45, 7) is 6.76. The fourth-order valence-corrected chi connectivity index (χ4v) is 10.1. The van der Waals surface area contributed by atoms with Gasteiger partial charge in [-0.15, -0.1) is 0 Å². The lowest BCUT2D eigenvalue weighted by Crippen LogP contribution is -2.68. The molecule has 9 heteroatoms. The lowest BCUT2D eigenvalue weighted by atomic mass is 10.2. The molecule has 1 aliphatic rings. The highest BCUT2D eigenvalue weighted by molar-refractivity contribution is 6.99. The van der Waals surface area contributed by atoms with Crippen molar-refractivity contribution >= 4 is 30.9 Å². The number of carbonyl (C=O) groups excluding carboxylic acids is 1. The average molecular weight is 548 g/mol. The minimum atomic E-state index is -2.91. The molecular weight excluding hydrogens is 510 g/mol. The predicted octanol–water partition coefficient (Wildman–Crippen LogP) is 4.16. The number of carbonyl (C=O) groups is 2. The molecule has 0 bridgehead atoms. The number of benzene rings is 3. The van der Waals surface area contributed by atoms with E-state index in [9.17, 15) is 9.59 Å². The maximum atomic E-state index is 12.9. The van der Waals surface area contributed by atoms with Gasteiger partial charge in [0, 0.05) is 6.04 Å². The van der Waals surface area contributed by atoms with Gasteiger partial charge in [0.25, 0.3) is 8.32 Å². The third-order valence-corrected chi connectivity index (χ3v) is 12.2. The highest BCUT2D eigenvalue weighted by Gasteiger charge is 2.53. The SMILES string of the molecule is CC(C)(C)[Si](OC1CC(NNC(=O)O)CC1NC(=O)OCc1ccccc1)(c1ccccc1)c1ccccc1. The molecule has 0 radical (unpaired) electrons. The van der Waals surface area contributed by atoms with Crippen molar-refractivity contribution in [3.63, 3.8) is 0 Å². The van der Waals surface area contributed by atoms with Crippen LogP contribution >= 0.6 is 0 Å². The summed E-state index contributed by atoms with van der Waals surface area (Å²) in [7, 11) is -2.91. The number of hydrogen-bond donors (Lipinski definition) is 4. The molecule has 39 heavy (non-hydrogen) atoms. The molecule has 3 aromatic carbocycles. The number of hydrazine groups is 1. The summed E-state index contributed by atoms with van der Waals surface area (Å²) in [4.78, 5) is 24.0. The van der Waals surface area contributed by atoms with Crippen molar-refractivity contribution in [2.24, 2.45) is 0 Å². The Morgan fingerprint density at radius 2 is 1.41 bits per heavy atom. The number of hydrogen-bond acceptors (Lipinski definition) is 5. The van der Waals surface area contributed by atoms with Gasteiger partial charge >= 0.3 is 12.2 Å². The van der Waals surface area contributed by atoms with E-state index in [1.807, 2.05) is 66.7 Å². The van der Waals surface area contributed by atoms with Gasteiger partial charge in [0.05, 0.1) is 12.1 Å². The van der Waals surface area contributed by atoms with Gasteiger partial charge in [-0.2, -0.15) is 0 Å². The largest absolute Gasteiger partial charge is 0.464 e. The van der Waals surface area contributed by atoms with E-state index in [4.69, 9.17) is 14.3 Å². The Morgan fingerprint density at radius 3 is 1.92 bits per heavy atom. The number of ether oxygens (including phenoxy) is 1. The molecule has 8 nitrogen and oxygen atoms in total. The van der Waals surface area contributed by atoms with Crippen LogP contribution in [0.25, 0.3) is 0 Å². The monoisotopic (exact) mass is 547 g/mol. The van der Waals surface area contributed by atoms with Crippen LogP contribution in [0.3, 0.4) is 0 Å². The standard InChI is InChI=1S/C30H37N3O5Si/c1-30(2,3)39(24-15-9-5-10-16-24,25-17-11-6-12-18-25)38-27-20-23(32-33-28(34)35)19-26(27)31-29(36)37-21-22-13-7-4-8-14-22/h4-18,23,26-27,32-33H,19-21H2,1-3H3,(H,31,36)(H,34,35). The molecule has 1 fully saturated rings. The highest BCUT2D eigenvalue weighted by atomic mass is 28.4. The molecule has 1 saturated carbocycles. The third kappa shape index (κ3) is 6.86. The quantitative estimate of drug-likeness (QED) is 0.237. The van der Waals surface area contributed by atoms with Crippen LogP contribution in [0.5, 0.6) is 0 Å². The summed E-state index contributed by atoms with van der Waals surface area (Å²) < 4.78 is 12.8. The third-order valence-electron chi connectivity index (χ3n) is 7.15. The number of rotatable bonds is 9. The van der Waals surface area contributed by atoms with E-state index in [-0.39, 0.29) is 29.8 Å². The summed E-state index contributed by atoms with van der Waals surface area (Å²) in [6.07, 6.45) is -1.10. The molecule has 3 atom stereocenters. The minimum Gasteiger partial charge on any atom is -0.464 e. The first-order valence-electron chi connectivity index (χ1n) is 13.2. The van der Waals surface area contributed by atoms with Gasteiger partial charge in [0.1, 0.15) is 6.61 Å². The second kappa shape index (κ2) is 12.5. The highest BCUT2D eigenvalue weighted by Crippen LogP contribution is 2.39. The molecule has 0 spiro atoms. The maximum Gasteiger partial charge on any atom is 0.419 e. The van der Waals surface area contributed by atoms with Crippen molar-refractivity contribution in [3.8, 4) is 0 Å². The zero-order valence-electron chi connectivity index (χ0n) is 22.6. The Bertz CT molecular complexity index is 1180. The number of amides is 2. The number of nitrogens with one attached hydrogen (secondary N) is 3. The van der Waals surface area contributed by atoms with Gasteiger partial charge < -0.3 is 19.6 Å². The fraction of sp³-hybridized carbons (Fsp3) is 0.333. The van der Waals surface area contributed by atoms with E-state index in [0.29, 0.717) is 12.8 Å². The molecule has 3 unspecified atom stereocenters. The van der Waals surface area contributed by atoms with Crippen molar-refractivity contribution in [2.45, 2.75) is 63.4 Å². The summed E-state index contributed by atoms with van der Waals surface area (Å²) in [6, 6.07) is 29.5. The Hall–Kier alpha value is -3.66. The molecule has 2 amide bonds. The van der Waals surface area contributed by atoms with E-state index in [2.05, 4.69) is 61.2 Å². The molecule has 4 rings (SSSR count). The zero-order valence-corrected chi connectivity index (χ0v) is 23.6. The van der Waals surface area contributed by atoms with Crippen molar-refractivity contribution < 1.29 is 23.9 Å². The van der Waals surface area contributed by atoms with Crippen LogP contribution in [0.4, 0.5) is 9.59 Å². The summed E-state index contributed by atoms with van der Waals surface area (Å²) >= 11 is 0. The van der Waals surface area contributed by atoms with Gasteiger partial charge in [-0.05, 0) is 33.8 Å². The predicted molar refractivity (Wildman–Crippen MR) is 153 cm³/mol. The van der Waals surface area contributed by atoms with Crippen LogP contribution in [0, 0.1) is 0 Å². The molecule has 206 valence electrons. The van der Waals surface area contributed by atoms with E-state index in [1.165, 1.54) is 0 Å². The molecular formula is C30H37N3O5Si. The van der Waals surface area contributed by atoms with Crippen molar-refractivity contribution in [2.75, 3.05) is 0 Å². The normalized spacial score (nSPS) is 19.3. The average Bonchev–Trinajstić information content (AvgIpc) is 3.31.